The molecule has 0 atom stereocenters. The zero-order valence-electron chi connectivity index (χ0n) is 14.2. The standard InChI is InChI=1S/C19H16ClN3O4/c20-13-7-5-12(6-8-13)9-10-21-16(24)11-27-19(26)17-14-3-1-2-4-15(14)18(25)23-22-17/h1-8H,9-11H2,(H,21,24)(H,23,25). The number of rotatable bonds is 6. The summed E-state index contributed by atoms with van der Waals surface area (Å²) in [6.45, 7) is -0.0353. The van der Waals surface area contributed by atoms with E-state index in [9.17, 15) is 14.4 Å². The smallest absolute Gasteiger partial charge is 0.359 e. The highest BCUT2D eigenvalue weighted by atomic mass is 35.5. The molecule has 0 fully saturated rings. The molecule has 7 nitrogen and oxygen atoms in total. The first kappa shape index (κ1) is 18.6. The molecule has 2 N–H and O–H groups in total. The molecule has 0 aliphatic carbocycles. The van der Waals surface area contributed by atoms with E-state index in [-0.39, 0.29) is 5.69 Å². The lowest BCUT2D eigenvalue weighted by Gasteiger charge is -2.07. The number of hydrogen-bond donors (Lipinski definition) is 2. The predicted octanol–water partition coefficient (Wildman–Crippen LogP) is 2.09. The number of halogens is 1. The van der Waals surface area contributed by atoms with E-state index < -0.39 is 24.0 Å². The van der Waals surface area contributed by atoms with Crippen LogP contribution >= 0.6 is 11.6 Å². The van der Waals surface area contributed by atoms with Gasteiger partial charge in [-0.15, -0.1) is 0 Å². The fourth-order valence-electron chi connectivity index (χ4n) is 2.52. The van der Waals surface area contributed by atoms with Crippen molar-refractivity contribution in [2.75, 3.05) is 13.2 Å². The first-order valence-electron chi connectivity index (χ1n) is 8.20. The van der Waals surface area contributed by atoms with E-state index in [1.165, 1.54) is 0 Å². The van der Waals surface area contributed by atoms with Gasteiger partial charge >= 0.3 is 5.97 Å². The summed E-state index contributed by atoms with van der Waals surface area (Å²) in [4.78, 5) is 35.8. The second-order valence-electron chi connectivity index (χ2n) is 5.75. The van der Waals surface area contributed by atoms with Crippen molar-refractivity contribution in [3.63, 3.8) is 0 Å². The molecule has 3 aromatic rings. The lowest BCUT2D eigenvalue weighted by Crippen LogP contribution is -2.30. The number of carbonyl (C=O) groups is 2. The van der Waals surface area contributed by atoms with Gasteiger partial charge in [0.15, 0.2) is 12.3 Å². The van der Waals surface area contributed by atoms with E-state index in [1.807, 2.05) is 12.1 Å². The summed E-state index contributed by atoms with van der Waals surface area (Å²) < 4.78 is 5.00. The molecule has 2 aromatic carbocycles. The Kier molecular flexibility index (Phi) is 5.83. The first-order valence-corrected chi connectivity index (χ1v) is 8.58. The highest BCUT2D eigenvalue weighted by molar-refractivity contribution is 6.30. The average molecular weight is 386 g/mol. The number of esters is 1. The van der Waals surface area contributed by atoms with Crippen molar-refractivity contribution in [1.29, 1.82) is 0 Å². The molecule has 0 saturated heterocycles. The number of benzene rings is 2. The molecule has 3 rings (SSSR count). The number of fused-ring (bicyclic) bond motifs is 1. The number of ether oxygens (including phenoxy) is 1. The number of hydrogen-bond acceptors (Lipinski definition) is 5. The van der Waals surface area contributed by atoms with E-state index >= 15 is 0 Å². The zero-order chi connectivity index (χ0) is 19.2. The highest BCUT2D eigenvalue weighted by Gasteiger charge is 2.16. The Hall–Kier alpha value is -3.19. The molecule has 138 valence electrons. The van der Waals surface area contributed by atoms with Crippen molar-refractivity contribution in [1.82, 2.24) is 15.5 Å². The monoisotopic (exact) mass is 385 g/mol. The summed E-state index contributed by atoms with van der Waals surface area (Å²) in [7, 11) is 0. The van der Waals surface area contributed by atoms with Crippen LogP contribution in [0, 0.1) is 0 Å². The molecule has 0 unspecified atom stereocenters. The van der Waals surface area contributed by atoms with Crippen LogP contribution in [-0.2, 0) is 16.0 Å². The number of aromatic nitrogens is 2. The minimum Gasteiger partial charge on any atom is -0.451 e. The topological polar surface area (TPSA) is 101 Å². The Labute approximate surface area is 159 Å². The molecule has 1 aromatic heterocycles. The summed E-state index contributed by atoms with van der Waals surface area (Å²) >= 11 is 5.82. The summed E-state index contributed by atoms with van der Waals surface area (Å²) in [5.74, 6) is -1.21. The molecule has 0 aliphatic heterocycles. The molecule has 0 bridgehead atoms. The molecule has 0 radical (unpaired) electrons. The second-order valence-corrected chi connectivity index (χ2v) is 6.19. The van der Waals surface area contributed by atoms with Gasteiger partial charge in [0.25, 0.3) is 11.5 Å². The minimum absolute atomic E-state index is 0.0424. The molecule has 27 heavy (non-hydrogen) atoms. The summed E-state index contributed by atoms with van der Waals surface area (Å²) in [6, 6.07) is 13.9. The van der Waals surface area contributed by atoms with E-state index in [0.717, 1.165) is 5.56 Å². The van der Waals surface area contributed by atoms with E-state index in [4.69, 9.17) is 16.3 Å². The quantitative estimate of drug-likeness (QED) is 0.633. The number of H-pyrrole nitrogens is 1. The van der Waals surface area contributed by atoms with Crippen LogP contribution in [0.4, 0.5) is 0 Å². The predicted molar refractivity (Wildman–Crippen MR) is 101 cm³/mol. The summed E-state index contributed by atoms with van der Waals surface area (Å²) in [6.07, 6.45) is 0.628. The van der Waals surface area contributed by atoms with Crippen molar-refractivity contribution >= 4 is 34.2 Å². The van der Waals surface area contributed by atoms with Gasteiger partial charge in [0.1, 0.15) is 0 Å². The van der Waals surface area contributed by atoms with Crippen LogP contribution in [-0.4, -0.2) is 35.2 Å². The van der Waals surface area contributed by atoms with Crippen molar-refractivity contribution in [3.8, 4) is 0 Å². The fourth-order valence-corrected chi connectivity index (χ4v) is 2.64. The van der Waals surface area contributed by atoms with Crippen LogP contribution in [0.25, 0.3) is 10.8 Å². The van der Waals surface area contributed by atoms with Crippen LogP contribution in [0.2, 0.25) is 5.02 Å². The average Bonchev–Trinajstić information content (AvgIpc) is 2.68. The number of aromatic amines is 1. The van der Waals surface area contributed by atoms with Crippen molar-refractivity contribution in [3.05, 3.63) is 75.2 Å². The molecule has 1 amide bonds. The van der Waals surface area contributed by atoms with Crippen LogP contribution in [0.3, 0.4) is 0 Å². The van der Waals surface area contributed by atoms with Gasteiger partial charge in [-0.3, -0.25) is 9.59 Å². The highest BCUT2D eigenvalue weighted by Crippen LogP contribution is 2.13. The molecule has 1 heterocycles. The van der Waals surface area contributed by atoms with Gasteiger partial charge in [-0.1, -0.05) is 41.9 Å². The second kappa shape index (κ2) is 8.46. The fraction of sp³-hybridized carbons (Fsp3) is 0.158. The maximum absolute atomic E-state index is 12.2. The third-order valence-corrected chi connectivity index (χ3v) is 4.12. The van der Waals surface area contributed by atoms with Crippen LogP contribution in [0.1, 0.15) is 16.1 Å². The Morgan fingerprint density at radius 3 is 2.52 bits per heavy atom. The SMILES string of the molecule is O=C(COC(=O)c1n[nH]c(=O)c2ccccc12)NCCc1ccc(Cl)cc1. The Morgan fingerprint density at radius 2 is 1.78 bits per heavy atom. The zero-order valence-corrected chi connectivity index (χ0v) is 15.0. The van der Waals surface area contributed by atoms with Gasteiger partial charge in [-0.05, 0) is 30.2 Å². The third-order valence-electron chi connectivity index (χ3n) is 3.87. The lowest BCUT2D eigenvalue weighted by molar-refractivity contribution is -0.124. The number of nitrogens with zero attached hydrogens (tertiary/aromatic N) is 1. The summed E-state index contributed by atoms with van der Waals surface area (Å²) in [5, 5.41) is 10.0. The van der Waals surface area contributed by atoms with Crippen molar-refractivity contribution in [2.45, 2.75) is 6.42 Å². The van der Waals surface area contributed by atoms with Crippen LogP contribution in [0.15, 0.2) is 53.3 Å². The molecular weight excluding hydrogens is 370 g/mol. The Bertz CT molecular complexity index is 1030. The Morgan fingerprint density at radius 1 is 1.07 bits per heavy atom. The summed E-state index contributed by atoms with van der Waals surface area (Å²) in [5.41, 5.74) is 0.585. The van der Waals surface area contributed by atoms with Gasteiger partial charge in [0, 0.05) is 17.0 Å². The van der Waals surface area contributed by atoms with Gasteiger partial charge < -0.3 is 10.1 Å². The minimum atomic E-state index is -0.782. The molecular formula is C19H16ClN3O4. The van der Waals surface area contributed by atoms with Crippen LogP contribution in [0.5, 0.6) is 0 Å². The van der Waals surface area contributed by atoms with E-state index in [1.54, 1.807) is 36.4 Å². The normalized spacial score (nSPS) is 10.6. The number of nitrogens with one attached hydrogen (secondary N) is 2. The van der Waals surface area contributed by atoms with Gasteiger partial charge in [-0.25, -0.2) is 9.89 Å². The van der Waals surface area contributed by atoms with Gasteiger partial charge in [0.2, 0.25) is 0 Å². The molecule has 8 heteroatoms. The largest absolute Gasteiger partial charge is 0.451 e. The number of carbonyl (C=O) groups excluding carboxylic acids is 2. The maximum atomic E-state index is 12.2. The van der Waals surface area contributed by atoms with E-state index in [0.29, 0.717) is 28.8 Å². The third kappa shape index (κ3) is 4.71. The molecule has 0 saturated carbocycles. The van der Waals surface area contributed by atoms with Crippen LogP contribution < -0.4 is 10.9 Å². The van der Waals surface area contributed by atoms with Gasteiger partial charge in [-0.2, -0.15) is 5.10 Å². The molecule has 0 spiro atoms. The maximum Gasteiger partial charge on any atom is 0.359 e. The van der Waals surface area contributed by atoms with Crippen molar-refractivity contribution < 1.29 is 14.3 Å². The Balaban J connectivity index is 1.53. The van der Waals surface area contributed by atoms with E-state index in [2.05, 4.69) is 15.5 Å². The van der Waals surface area contributed by atoms with Crippen molar-refractivity contribution in [2.24, 2.45) is 0 Å². The number of amides is 1. The van der Waals surface area contributed by atoms with Gasteiger partial charge in [0.05, 0.1) is 5.39 Å². The lowest BCUT2D eigenvalue weighted by atomic mass is 10.1. The molecule has 0 aliphatic rings. The first-order chi connectivity index (χ1) is 13.0.